The van der Waals surface area contributed by atoms with Gasteiger partial charge in [-0.25, -0.2) is 69.9 Å². The lowest BCUT2D eigenvalue weighted by Crippen LogP contribution is -2.10. The Morgan fingerprint density at radius 1 is 0.345 bits per heavy atom. The van der Waals surface area contributed by atoms with Crippen molar-refractivity contribution in [2.75, 3.05) is 0 Å². The highest BCUT2D eigenvalue weighted by atomic mass is 32.2. The van der Waals surface area contributed by atoms with Crippen molar-refractivity contribution in [3.05, 3.63) is 135 Å². The van der Waals surface area contributed by atoms with Crippen LogP contribution in [-0.2, 0) is 10.1 Å². The predicted molar refractivity (Wildman–Crippen MR) is 155 cm³/mol. The van der Waals surface area contributed by atoms with Crippen molar-refractivity contribution >= 4 is 20.9 Å². The molecule has 58 heavy (non-hydrogen) atoms. The van der Waals surface area contributed by atoms with Gasteiger partial charge < -0.3 is 14.0 Å². The van der Waals surface area contributed by atoms with E-state index in [-0.39, 0.29) is 0 Å². The molecule has 5 nitrogen and oxygen atoms in total. The number of benzene rings is 6. The van der Waals surface area contributed by atoms with Gasteiger partial charge in [0, 0.05) is 0 Å². The molecule has 0 fully saturated rings. The fourth-order valence-electron chi connectivity index (χ4n) is 5.26. The monoisotopic (exact) mass is 867 g/mol. The Morgan fingerprint density at radius 3 is 0.897 bits per heavy atom. The number of hydrogen-bond donors (Lipinski definition) is 0. The van der Waals surface area contributed by atoms with Crippen LogP contribution in [0.3, 0.4) is 0 Å². The van der Waals surface area contributed by atoms with Gasteiger partial charge in [-0.15, -0.1) is 0 Å². The van der Waals surface area contributed by atoms with E-state index in [0.717, 1.165) is 0 Å². The van der Waals surface area contributed by atoms with E-state index in [2.05, 4.69) is 0 Å². The molecule has 0 aliphatic carbocycles. The van der Waals surface area contributed by atoms with Crippen molar-refractivity contribution in [1.29, 1.82) is 0 Å². The van der Waals surface area contributed by atoms with Crippen molar-refractivity contribution in [1.82, 2.24) is 0 Å². The van der Waals surface area contributed by atoms with Crippen LogP contribution in [0, 0.1) is 105 Å². The molecule has 0 aliphatic heterocycles. The van der Waals surface area contributed by atoms with Gasteiger partial charge in [0.25, 0.3) is 0 Å². The number of fused-ring (bicyclic) bond motifs is 1. The quantitative estimate of drug-likeness (QED) is 0.0691. The van der Waals surface area contributed by atoms with Gasteiger partial charge in [-0.05, 0) is 35.0 Å². The van der Waals surface area contributed by atoms with Crippen molar-refractivity contribution in [3.8, 4) is 45.3 Å². The van der Waals surface area contributed by atoms with Crippen LogP contribution < -0.4 is 9.47 Å². The van der Waals surface area contributed by atoms with Crippen LogP contribution >= 0.6 is 0 Å². The van der Waals surface area contributed by atoms with Crippen molar-refractivity contribution in [3.63, 3.8) is 0 Å². The fourth-order valence-corrected chi connectivity index (χ4v) is 5.77. The zero-order valence-electron chi connectivity index (χ0n) is 26.6. The van der Waals surface area contributed by atoms with Crippen LogP contribution in [0.1, 0.15) is 0 Å². The van der Waals surface area contributed by atoms with E-state index in [9.17, 15) is 56.9 Å². The predicted octanol–water partition coefficient (Wildman–Crippen LogP) is 11.2. The first-order chi connectivity index (χ1) is 26.9. The van der Waals surface area contributed by atoms with E-state index in [1.807, 2.05) is 0 Å². The molecule has 24 heteroatoms. The summed E-state index contributed by atoms with van der Waals surface area (Å²) in [6, 6.07) is 2.43. The molecule has 0 spiro atoms. The van der Waals surface area contributed by atoms with Crippen molar-refractivity contribution in [2.45, 2.75) is 4.90 Å². The first-order valence-electron chi connectivity index (χ1n) is 14.6. The summed E-state index contributed by atoms with van der Waals surface area (Å²) in [5.74, 6) is -59.9. The normalized spacial score (nSPS) is 11.8. The van der Waals surface area contributed by atoms with E-state index >= 15 is 35.1 Å². The smallest absolute Gasteiger partial charge is 0.205 e. The molecule has 0 heterocycles. The van der Waals surface area contributed by atoms with E-state index in [1.54, 1.807) is 0 Å². The second-order valence-electron chi connectivity index (χ2n) is 11.3. The molecule has 0 bridgehead atoms. The summed E-state index contributed by atoms with van der Waals surface area (Å²) in [7, 11) is -5.34. The number of halogens is 18. The Bertz CT molecular complexity index is 2800. The molecular formula is C34H5F18O5S-. The van der Waals surface area contributed by atoms with Gasteiger partial charge >= 0.3 is 0 Å². The number of rotatable bonds is 7. The molecule has 0 aromatic heterocycles. The molecule has 0 aliphatic rings. The van der Waals surface area contributed by atoms with Crippen molar-refractivity contribution < 1.29 is 101 Å². The maximum absolute atomic E-state index is 15.4. The summed E-state index contributed by atoms with van der Waals surface area (Å²) in [6.45, 7) is 0. The third kappa shape index (κ3) is 6.35. The van der Waals surface area contributed by atoms with Gasteiger partial charge in [-0.2, -0.15) is 17.6 Å². The van der Waals surface area contributed by atoms with E-state index in [4.69, 9.17) is 9.47 Å². The Labute approximate surface area is 307 Å². The van der Waals surface area contributed by atoms with Gasteiger partial charge in [0.05, 0.1) is 27.1 Å². The topological polar surface area (TPSA) is 75.7 Å². The van der Waals surface area contributed by atoms with E-state index in [1.165, 1.54) is 0 Å². The maximum Gasteiger partial charge on any atom is 0.205 e. The lowest BCUT2D eigenvalue weighted by Gasteiger charge is -2.18. The van der Waals surface area contributed by atoms with Crippen LogP contribution in [0.25, 0.3) is 33.0 Å². The molecule has 0 atom stereocenters. The Morgan fingerprint density at radius 2 is 0.603 bits per heavy atom. The zero-order valence-corrected chi connectivity index (χ0v) is 27.5. The molecule has 0 saturated heterocycles. The van der Waals surface area contributed by atoms with Gasteiger partial charge in [0.1, 0.15) is 10.1 Å². The number of ether oxygens (including phenoxy) is 2. The van der Waals surface area contributed by atoms with Crippen LogP contribution in [0.2, 0.25) is 0 Å². The summed E-state index contributed by atoms with van der Waals surface area (Å²) in [5.41, 5.74) is -10.2. The summed E-state index contributed by atoms with van der Waals surface area (Å²) < 4.78 is 306. The van der Waals surface area contributed by atoms with Gasteiger partial charge in [0.2, 0.25) is 46.4 Å². The molecule has 0 N–H and O–H groups in total. The first-order valence-corrected chi connectivity index (χ1v) is 16.0. The third-order valence-corrected chi connectivity index (χ3v) is 8.78. The van der Waals surface area contributed by atoms with Gasteiger partial charge in [0.15, 0.2) is 81.3 Å². The summed E-state index contributed by atoms with van der Waals surface area (Å²) in [5, 5.41) is -1.06. The van der Waals surface area contributed by atoms with Crippen LogP contribution in [-0.4, -0.2) is 13.0 Å². The first kappa shape index (κ1) is 41.5. The number of hydrogen-bond acceptors (Lipinski definition) is 5. The molecule has 0 saturated carbocycles. The molecule has 0 amide bonds. The average Bonchev–Trinajstić information content (AvgIpc) is 3.18. The van der Waals surface area contributed by atoms with Crippen LogP contribution in [0.4, 0.5) is 79.0 Å². The average molecular weight is 867 g/mol. The molecule has 6 aromatic rings. The maximum atomic E-state index is 15.4. The van der Waals surface area contributed by atoms with Crippen molar-refractivity contribution in [2.24, 2.45) is 0 Å². The highest BCUT2D eigenvalue weighted by Crippen LogP contribution is 2.47. The Hall–Kier alpha value is -6.17. The molecular weight excluding hydrogens is 862 g/mol. The molecule has 0 unspecified atom stereocenters. The summed E-state index contributed by atoms with van der Waals surface area (Å²) in [4.78, 5) is -1.08. The summed E-state index contributed by atoms with van der Waals surface area (Å²) >= 11 is 0. The fraction of sp³-hybridized carbons (Fsp3) is 0. The zero-order chi connectivity index (χ0) is 43.2. The molecule has 6 aromatic carbocycles. The van der Waals surface area contributed by atoms with Gasteiger partial charge in [-0.1, -0.05) is 6.07 Å². The van der Waals surface area contributed by atoms with Crippen LogP contribution in [0.5, 0.6) is 23.0 Å². The van der Waals surface area contributed by atoms with E-state index in [0.29, 0.717) is 30.3 Å². The second kappa shape index (κ2) is 14.3. The highest BCUT2D eigenvalue weighted by molar-refractivity contribution is 7.85. The molecule has 304 valence electrons. The largest absolute Gasteiger partial charge is 0.744 e. The lowest BCUT2D eigenvalue weighted by atomic mass is 10.0. The lowest BCUT2D eigenvalue weighted by molar-refractivity contribution is 0.336. The summed E-state index contributed by atoms with van der Waals surface area (Å²) in [6.07, 6.45) is 0. The minimum atomic E-state index is -5.34. The van der Waals surface area contributed by atoms with E-state index < -0.39 is 176 Å². The van der Waals surface area contributed by atoms with Gasteiger partial charge in [-0.3, -0.25) is 0 Å². The second-order valence-corrected chi connectivity index (χ2v) is 12.7. The molecule has 0 radical (unpaired) electrons. The Balaban J connectivity index is 1.58. The molecule has 6 rings (SSSR count). The minimum Gasteiger partial charge on any atom is -0.744 e. The third-order valence-electron chi connectivity index (χ3n) is 7.95. The SMILES string of the molecule is O=S(=O)([O-])c1ccc2cc(Oc3c(F)c(F)c(-c4c(F)c(F)c(F)c(F)c4F)c(F)c3F)c(Oc3c(F)c(F)c(-c4c(F)c(F)c(F)c(F)c4F)c(F)c3F)cc2c1. The highest BCUT2D eigenvalue weighted by Gasteiger charge is 2.37. The Kier molecular flexibility index (Phi) is 10.2. The van der Waals surface area contributed by atoms with Crippen LogP contribution in [0.15, 0.2) is 35.2 Å². The minimum absolute atomic E-state index is 0.303. The standard InChI is InChI=1S/C34H6F18O5S/c35-15-11(16(36)24(44)27(47)23(15)43)13-19(39)29(49)33(30(50)20(13)40)56-9-4-6-1-2-8(58(53,54)55)3-7(6)5-10(9)57-34-31(51)21(41)14(22(42)32(34)52)12-17(37)25(45)28(48)26(46)18(12)38/h1-5H,(H,53,54,55)/p-1.